The summed E-state index contributed by atoms with van der Waals surface area (Å²) in [5.41, 5.74) is -2.38. The van der Waals surface area contributed by atoms with Gasteiger partial charge in [0.05, 0.1) is 18.3 Å². The Morgan fingerprint density at radius 1 is 1.07 bits per heavy atom. The first kappa shape index (κ1) is 40.0. The fraction of sp³-hybridized carbons (Fsp3) is 0.875. The van der Waals surface area contributed by atoms with Gasteiger partial charge in [-0.05, 0) is 92.3 Å². The van der Waals surface area contributed by atoms with Crippen LogP contribution in [0.3, 0.4) is 0 Å². The summed E-state index contributed by atoms with van der Waals surface area (Å²) in [6, 6.07) is 0. The number of ether oxygens (including phenoxy) is 5. The lowest BCUT2D eigenvalue weighted by molar-refractivity contribution is -0.341. The molecule has 4 saturated carbocycles. The number of allylic oxidation sites excluding steroid dienone is 1. The minimum atomic E-state index is -1.95. The van der Waals surface area contributed by atoms with Crippen LogP contribution in [0.5, 0.6) is 0 Å². The summed E-state index contributed by atoms with van der Waals surface area (Å²) in [6.45, 7) is 14.7. The van der Waals surface area contributed by atoms with E-state index in [9.17, 15) is 39.9 Å². The standard InChI is InChI=1S/C40H60O14/c1-19-15-22(31(35(5,6)48)51-20(2)41)54-40(49)30(19)36(7)13-14-39-18-38(39)12-11-25(34(3,4)23(38)9-10-24(39)37(36,8)33(40)47)52-32-29(28(46)21(42)17-50-32)53-27(45)16-26(43)44/h10,19,21-23,25,28-33,42,46-49H,9,11-18H2,1-8H3,(H,43,44). The largest absolute Gasteiger partial charge is 0.481 e. The summed E-state index contributed by atoms with van der Waals surface area (Å²) < 4.78 is 29.7. The van der Waals surface area contributed by atoms with Crippen LogP contribution >= 0.6 is 0 Å². The van der Waals surface area contributed by atoms with E-state index >= 15 is 0 Å². The molecule has 0 radical (unpaired) electrons. The summed E-state index contributed by atoms with van der Waals surface area (Å²) in [5, 5.41) is 66.3. The topological polar surface area (TPSA) is 219 Å². The second-order valence-electron chi connectivity index (χ2n) is 19.4. The van der Waals surface area contributed by atoms with Gasteiger partial charge in [0.2, 0.25) is 0 Å². The summed E-state index contributed by atoms with van der Waals surface area (Å²) in [6.07, 6.45) is -2.53. The van der Waals surface area contributed by atoms with Crippen LogP contribution in [-0.4, -0.2) is 116 Å². The number of aliphatic hydroxyl groups is 5. The Morgan fingerprint density at radius 2 is 1.76 bits per heavy atom. The number of aliphatic carboxylic acids is 1. The third-order valence-electron chi connectivity index (χ3n) is 15.8. The van der Waals surface area contributed by atoms with Crippen LogP contribution < -0.4 is 0 Å². The predicted octanol–water partition coefficient (Wildman–Crippen LogP) is 2.59. The summed E-state index contributed by atoms with van der Waals surface area (Å²) in [4.78, 5) is 35.6. The van der Waals surface area contributed by atoms with E-state index in [-0.39, 0.29) is 35.4 Å². The van der Waals surface area contributed by atoms with E-state index in [1.54, 1.807) is 13.8 Å². The molecule has 5 aliphatic carbocycles. The van der Waals surface area contributed by atoms with Gasteiger partial charge in [-0.25, -0.2) is 0 Å². The van der Waals surface area contributed by atoms with Crippen LogP contribution in [-0.2, 0) is 38.1 Å². The molecule has 14 heteroatoms. The Morgan fingerprint density at radius 3 is 2.39 bits per heavy atom. The Labute approximate surface area is 316 Å². The predicted molar refractivity (Wildman–Crippen MR) is 188 cm³/mol. The van der Waals surface area contributed by atoms with Gasteiger partial charge in [0.15, 0.2) is 24.3 Å². The van der Waals surface area contributed by atoms with Gasteiger partial charge >= 0.3 is 17.9 Å². The van der Waals surface area contributed by atoms with Crippen LogP contribution in [0.1, 0.15) is 107 Å². The van der Waals surface area contributed by atoms with Crippen LogP contribution in [0, 0.1) is 44.8 Å². The number of carboxylic acids is 1. The molecule has 304 valence electrons. The zero-order valence-electron chi connectivity index (χ0n) is 32.7. The fourth-order valence-corrected chi connectivity index (χ4v) is 13.4. The maximum Gasteiger partial charge on any atom is 0.317 e. The number of hydrogen-bond donors (Lipinski definition) is 6. The molecule has 0 aromatic carbocycles. The van der Waals surface area contributed by atoms with Crippen LogP contribution in [0.4, 0.5) is 0 Å². The molecule has 0 aromatic rings. The molecule has 7 rings (SSSR count). The van der Waals surface area contributed by atoms with Crippen molar-refractivity contribution < 1.29 is 68.7 Å². The first-order valence-corrected chi connectivity index (χ1v) is 19.6. The average molecular weight is 765 g/mol. The molecule has 6 N–H and O–H groups in total. The van der Waals surface area contributed by atoms with Crippen molar-refractivity contribution >= 4 is 17.9 Å². The van der Waals surface area contributed by atoms with Gasteiger partial charge in [0.1, 0.15) is 30.8 Å². The SMILES string of the molecule is CC(=O)OC(C1CC(C)C2C(O)(O1)C(O)C1(C)C3=CCC4C(C)(C)C(OC5OCC(O)C(O)C5OC(=O)CC(=O)O)CCC45CC35CCC21C)C(C)(C)O. The quantitative estimate of drug-likeness (QED) is 0.119. The number of carbonyl (C=O) groups is 3. The molecule has 0 amide bonds. The molecule has 16 unspecified atom stereocenters. The Balaban J connectivity index is 1.17. The molecular weight excluding hydrogens is 704 g/mol. The van der Waals surface area contributed by atoms with Crippen molar-refractivity contribution in [1.29, 1.82) is 0 Å². The maximum absolute atomic E-state index is 12.6. The highest BCUT2D eigenvalue weighted by atomic mass is 16.7. The van der Waals surface area contributed by atoms with Gasteiger partial charge in [-0.15, -0.1) is 0 Å². The Hall–Kier alpha value is -2.17. The van der Waals surface area contributed by atoms with Crippen molar-refractivity contribution in [3.8, 4) is 0 Å². The minimum absolute atomic E-state index is 0.0896. The first-order chi connectivity index (χ1) is 24.9. The summed E-state index contributed by atoms with van der Waals surface area (Å²) >= 11 is 0. The number of carbonyl (C=O) groups excluding carboxylic acids is 2. The second-order valence-corrected chi connectivity index (χ2v) is 19.4. The highest BCUT2D eigenvalue weighted by molar-refractivity contribution is 5.90. The number of aliphatic hydroxyl groups excluding tert-OH is 3. The van der Waals surface area contributed by atoms with E-state index in [0.29, 0.717) is 19.3 Å². The van der Waals surface area contributed by atoms with Crippen molar-refractivity contribution in [1.82, 2.24) is 0 Å². The molecule has 16 atom stereocenters. The van der Waals surface area contributed by atoms with Gasteiger partial charge < -0.3 is 54.3 Å². The van der Waals surface area contributed by atoms with Crippen molar-refractivity contribution in [3.63, 3.8) is 0 Å². The van der Waals surface area contributed by atoms with Gasteiger partial charge in [0.25, 0.3) is 0 Å². The summed E-state index contributed by atoms with van der Waals surface area (Å²) in [7, 11) is 0. The molecule has 2 aliphatic heterocycles. The van der Waals surface area contributed by atoms with E-state index in [1.165, 1.54) is 12.5 Å². The van der Waals surface area contributed by atoms with Crippen molar-refractivity contribution in [2.75, 3.05) is 6.61 Å². The van der Waals surface area contributed by atoms with E-state index in [0.717, 1.165) is 25.7 Å². The molecule has 2 heterocycles. The average Bonchev–Trinajstić information content (AvgIpc) is 3.69. The van der Waals surface area contributed by atoms with Crippen molar-refractivity contribution in [2.45, 2.75) is 167 Å². The lowest BCUT2D eigenvalue weighted by atomic mass is 9.44. The van der Waals surface area contributed by atoms with Gasteiger partial charge in [-0.3, -0.25) is 14.4 Å². The third-order valence-corrected chi connectivity index (χ3v) is 15.8. The number of fused-ring (bicyclic) bond motifs is 4. The van der Waals surface area contributed by atoms with Crippen LogP contribution in [0.15, 0.2) is 11.6 Å². The van der Waals surface area contributed by atoms with Crippen molar-refractivity contribution in [3.05, 3.63) is 11.6 Å². The monoisotopic (exact) mass is 764 g/mol. The second kappa shape index (κ2) is 12.7. The molecule has 2 saturated heterocycles. The Bertz CT molecular complexity index is 1590. The minimum Gasteiger partial charge on any atom is -0.481 e. The molecule has 14 nitrogen and oxygen atoms in total. The van der Waals surface area contributed by atoms with Gasteiger partial charge in [-0.1, -0.05) is 46.3 Å². The number of rotatable bonds is 8. The number of carboxylic acid groups (broad SMARTS) is 1. The smallest absolute Gasteiger partial charge is 0.317 e. The Kier molecular flexibility index (Phi) is 9.39. The van der Waals surface area contributed by atoms with Crippen molar-refractivity contribution in [2.24, 2.45) is 44.8 Å². The van der Waals surface area contributed by atoms with E-state index in [2.05, 4.69) is 40.7 Å². The highest BCUT2D eigenvalue weighted by Crippen LogP contribution is 2.88. The zero-order valence-corrected chi connectivity index (χ0v) is 32.7. The molecule has 0 bridgehead atoms. The van der Waals surface area contributed by atoms with E-state index in [4.69, 9.17) is 28.8 Å². The van der Waals surface area contributed by atoms with Gasteiger partial charge in [0, 0.05) is 18.3 Å². The lowest BCUT2D eigenvalue weighted by Gasteiger charge is -2.60. The van der Waals surface area contributed by atoms with Crippen LogP contribution in [0.25, 0.3) is 0 Å². The third kappa shape index (κ3) is 5.44. The molecule has 0 aromatic heterocycles. The first-order valence-electron chi connectivity index (χ1n) is 19.6. The molecular formula is C40H60O14. The zero-order chi connectivity index (χ0) is 39.8. The lowest BCUT2D eigenvalue weighted by Crippen LogP contribution is -2.61. The molecule has 2 spiro atoms. The normalized spacial score (nSPS) is 49.5. The van der Waals surface area contributed by atoms with Crippen LogP contribution in [0.2, 0.25) is 0 Å². The number of esters is 2. The van der Waals surface area contributed by atoms with E-state index < -0.39 is 101 Å². The molecule has 6 fully saturated rings. The fourth-order valence-electron chi connectivity index (χ4n) is 13.4. The molecule has 7 aliphatic rings. The highest BCUT2D eigenvalue weighted by Gasteiger charge is 2.85. The van der Waals surface area contributed by atoms with E-state index in [1.807, 2.05) is 0 Å². The summed E-state index contributed by atoms with van der Waals surface area (Å²) in [5.74, 6) is -5.37. The molecule has 54 heavy (non-hydrogen) atoms. The maximum atomic E-state index is 12.6. The number of hydrogen-bond acceptors (Lipinski definition) is 13. The van der Waals surface area contributed by atoms with Gasteiger partial charge in [-0.2, -0.15) is 0 Å².